The molecule has 0 radical (unpaired) electrons. The summed E-state index contributed by atoms with van der Waals surface area (Å²) in [5, 5.41) is 139. The van der Waals surface area contributed by atoms with Gasteiger partial charge >= 0.3 is 387 Å². The Morgan fingerprint density at radius 3 is 0.137 bits per heavy atom. The fourth-order valence-corrected chi connectivity index (χ4v) is 0. The minimum atomic E-state index is -1.83. The van der Waals surface area contributed by atoms with Gasteiger partial charge < -0.3 is 102 Å². The molecule has 0 spiro atoms. The average Bonchev–Trinajstić information content (AvgIpc) is 2.47. The van der Waals surface area contributed by atoms with E-state index in [2.05, 4.69) is 0 Å². The zero-order chi connectivity index (χ0) is 35.8. The molecule has 30 nitrogen and oxygen atoms in total. The molecule has 0 atom stereocenters. The molecule has 0 bridgehead atoms. The Labute approximate surface area is 525 Å². The van der Waals surface area contributed by atoms with E-state index in [1.54, 1.807) is 0 Å². The molecule has 0 aromatic carbocycles. The van der Waals surface area contributed by atoms with Crippen molar-refractivity contribution in [3.05, 3.63) is 0 Å². The fourth-order valence-electron chi connectivity index (χ4n) is 0. The van der Waals surface area contributed by atoms with Crippen LogP contribution in [0.1, 0.15) is 0 Å². The molecule has 0 aliphatic carbocycles. The van der Waals surface area contributed by atoms with Crippen LogP contribution in [0.2, 0.25) is 0 Å². The summed E-state index contributed by atoms with van der Waals surface area (Å²) in [4.78, 5) is 85.6. The summed E-state index contributed by atoms with van der Waals surface area (Å²) in [5.74, 6) is 0. The number of rotatable bonds is 0. The molecule has 51 heavy (non-hydrogen) atoms. The van der Waals surface area contributed by atoms with Crippen molar-refractivity contribution in [2.75, 3.05) is 0 Å². The molecule has 20 N–H and O–H groups in total. The average molecular weight is 884 g/mol. The van der Waals surface area contributed by atoms with Gasteiger partial charge in [0.2, 0.25) is 0 Å². The second-order valence-electron chi connectivity index (χ2n) is 2.83. The van der Waals surface area contributed by atoms with Crippen molar-refractivity contribution in [1.29, 1.82) is 0 Å². The minimum absolute atomic E-state index is 0. The Bertz CT molecular complexity index is 500. The van der Waals surface area contributed by atoms with E-state index in [4.69, 9.17) is 150 Å². The molecule has 0 unspecified atom stereocenters. The van der Waals surface area contributed by atoms with Gasteiger partial charge in [-0.3, -0.25) is 0 Å². The van der Waals surface area contributed by atoms with E-state index in [0.29, 0.717) is 0 Å². The quantitative estimate of drug-likeness (QED) is 0.101. The van der Waals surface area contributed by atoms with Crippen molar-refractivity contribution in [1.82, 2.24) is 0 Å². The Hall–Kier alpha value is 3.70. The van der Waals surface area contributed by atoms with E-state index in [0.717, 1.165) is 0 Å². The first kappa shape index (κ1) is 139. The summed E-state index contributed by atoms with van der Waals surface area (Å²) in [7, 11) is 0. The van der Waals surface area contributed by atoms with Crippen LogP contribution in [0.3, 0.4) is 0 Å². The molecule has 0 rings (SSSR count). The summed E-state index contributed by atoms with van der Waals surface area (Å²) < 4.78 is 0. The van der Waals surface area contributed by atoms with E-state index < -0.39 is 61.6 Å². The fraction of sp³-hybridized carbons (Fsp3) is 0. The Morgan fingerprint density at radius 2 is 0.137 bits per heavy atom. The molecule has 0 saturated carbocycles. The molecule has 0 aromatic heterocycles. The second-order valence-corrected chi connectivity index (χ2v) is 2.83. The molecule has 0 fully saturated rings. The predicted octanol–water partition coefficient (Wildman–Crippen LogP) is -4.91. The third kappa shape index (κ3) is 10500. The topological polar surface area (TPSA) is 575 Å². The van der Waals surface area contributed by atoms with E-state index in [-0.39, 0.29) is 325 Å². The van der Waals surface area contributed by atoms with Crippen molar-refractivity contribution in [3.63, 3.8) is 0 Å². The van der Waals surface area contributed by atoms with Crippen molar-refractivity contribution in [2.45, 2.75) is 0 Å². The van der Waals surface area contributed by atoms with Gasteiger partial charge in [-0.15, -0.1) is 0 Å². The monoisotopic (exact) mass is 884 g/mol. The van der Waals surface area contributed by atoms with Crippen LogP contribution >= 0.6 is 0 Å². The number of hydrogen-bond donors (Lipinski definition) is 20. The Kier molecular flexibility index (Phi) is 358. The van der Waals surface area contributed by atoms with Gasteiger partial charge in [0, 0.05) is 0 Å². The van der Waals surface area contributed by atoms with Crippen molar-refractivity contribution in [2.24, 2.45) is 0 Å². The first-order valence-electron chi connectivity index (χ1n) is 6.51. The SMILES string of the molecule is O=C(O)O.O=C(O)O.O=C(O)O.O=C(O)O.O=C(O)O.O=C(O)O.O=C(O)O.O=C(O)O.O=C(O)O.O=C(O)O.[NaH].[NaH].[NaH].[NaH].[NaH].[NaH].[NaH].[NaH].[NaH].[NaH].[NaH]. The number of carboxylic acid groups (broad SMARTS) is 20. The van der Waals surface area contributed by atoms with Gasteiger partial charge in [-0.2, -0.15) is 0 Å². The van der Waals surface area contributed by atoms with Gasteiger partial charge in [0.25, 0.3) is 0 Å². The number of carbonyl (C=O) groups is 10. The predicted molar refractivity (Wildman–Crippen MR) is 185 cm³/mol. The molecular weight excluding hydrogens is 853 g/mol. The van der Waals surface area contributed by atoms with Crippen LogP contribution in [0, 0.1) is 0 Å². The first-order valence-corrected chi connectivity index (χ1v) is 6.51. The summed E-state index contributed by atoms with van der Waals surface area (Å²) in [6.45, 7) is 0. The van der Waals surface area contributed by atoms with Crippen LogP contribution in [0.25, 0.3) is 0 Å². The van der Waals surface area contributed by atoms with Crippen LogP contribution in [-0.4, -0.2) is 489 Å². The van der Waals surface area contributed by atoms with Gasteiger partial charge in [-0.25, -0.2) is 47.9 Å². The molecule has 41 heteroatoms. The summed E-state index contributed by atoms with van der Waals surface area (Å²) in [5.41, 5.74) is 0. The normalized spacial score (nSPS) is 4.71. The number of hydrogen-bond acceptors (Lipinski definition) is 10. The van der Waals surface area contributed by atoms with Crippen molar-refractivity contribution in [3.8, 4) is 0 Å². The van der Waals surface area contributed by atoms with E-state index in [1.165, 1.54) is 0 Å². The molecule has 0 aromatic rings. The van der Waals surface area contributed by atoms with Gasteiger partial charge in [-0.05, 0) is 0 Å². The van der Waals surface area contributed by atoms with E-state index in [9.17, 15) is 0 Å². The van der Waals surface area contributed by atoms with Gasteiger partial charge in [0.15, 0.2) is 0 Å². The maximum absolute atomic E-state index is 8.56. The first-order chi connectivity index (χ1) is 17.3. The summed E-state index contributed by atoms with van der Waals surface area (Å²) in [6, 6.07) is 0. The molecule has 0 aliphatic heterocycles. The van der Waals surface area contributed by atoms with Crippen LogP contribution < -0.4 is 0 Å². The van der Waals surface area contributed by atoms with Crippen molar-refractivity contribution < 1.29 is 150 Å². The molecule has 0 saturated heterocycles. The molecule has 0 aliphatic rings. The van der Waals surface area contributed by atoms with Crippen LogP contribution in [0.15, 0.2) is 0 Å². The van der Waals surface area contributed by atoms with Crippen LogP contribution in [0.4, 0.5) is 47.9 Å². The zero-order valence-corrected chi connectivity index (χ0v) is 18.0. The summed E-state index contributed by atoms with van der Waals surface area (Å²) >= 11 is 0. The Balaban J connectivity index is -0.0000000101. The van der Waals surface area contributed by atoms with Crippen LogP contribution in [0.5, 0.6) is 0 Å². The summed E-state index contributed by atoms with van der Waals surface area (Å²) in [6.07, 6.45) is -18.3. The Morgan fingerprint density at radius 1 is 0.137 bits per heavy atom. The van der Waals surface area contributed by atoms with Gasteiger partial charge in [0.05, 0.1) is 0 Å². The molecule has 0 amide bonds. The standard InChI is InChI=1S/10CH2O3.11Na.11H/c10*2-1(3)4;;;;;;;;;;;;;;;;;;;;;;/h10*(H2,2,3,4);;;;;;;;;;;;;;;;;;;;;;. The zero-order valence-electron chi connectivity index (χ0n) is 18.0. The van der Waals surface area contributed by atoms with Crippen molar-refractivity contribution >= 4 is 387 Å². The molecule has 262 valence electrons. The van der Waals surface area contributed by atoms with Gasteiger partial charge in [0.1, 0.15) is 0 Å². The molecular formula is C10H31Na11O30. The van der Waals surface area contributed by atoms with E-state index >= 15 is 0 Å². The second kappa shape index (κ2) is 131. The van der Waals surface area contributed by atoms with Crippen LogP contribution in [-0.2, 0) is 0 Å². The van der Waals surface area contributed by atoms with E-state index in [1.807, 2.05) is 0 Å². The van der Waals surface area contributed by atoms with Gasteiger partial charge in [-0.1, -0.05) is 0 Å². The third-order valence-corrected chi connectivity index (χ3v) is 0. The maximum atomic E-state index is 8.56. The third-order valence-electron chi connectivity index (χ3n) is 0. The molecule has 0 heterocycles.